The summed E-state index contributed by atoms with van der Waals surface area (Å²) in [4.78, 5) is 12.5. The fraction of sp³-hybridized carbons (Fsp3) is 0.381. The molecule has 0 heterocycles. The van der Waals surface area contributed by atoms with Crippen molar-refractivity contribution in [3.8, 4) is 17.2 Å². The van der Waals surface area contributed by atoms with E-state index in [0.29, 0.717) is 13.0 Å². The molecule has 0 aliphatic carbocycles. The van der Waals surface area contributed by atoms with E-state index in [1.807, 2.05) is 69.3 Å². The van der Waals surface area contributed by atoms with Gasteiger partial charge < -0.3 is 19.5 Å². The maximum absolute atomic E-state index is 12.5. The Morgan fingerprint density at radius 1 is 1.08 bits per heavy atom. The summed E-state index contributed by atoms with van der Waals surface area (Å²) in [6.45, 7) is 6.17. The van der Waals surface area contributed by atoms with Crippen molar-refractivity contribution in [2.24, 2.45) is 0 Å². The highest BCUT2D eigenvalue weighted by atomic mass is 16.5. The fourth-order valence-electron chi connectivity index (χ4n) is 2.43. The van der Waals surface area contributed by atoms with Gasteiger partial charge in [-0.05, 0) is 56.2 Å². The normalized spacial score (nSPS) is 12.8. The molecule has 2 aromatic carbocycles. The lowest BCUT2D eigenvalue weighted by molar-refractivity contribution is -0.129. The zero-order chi connectivity index (χ0) is 18.9. The summed E-state index contributed by atoms with van der Waals surface area (Å²) in [5, 5.41) is 2.95. The predicted molar refractivity (Wildman–Crippen MR) is 102 cm³/mol. The number of carbonyl (C=O) groups is 1. The molecule has 2 atom stereocenters. The molecule has 0 aliphatic rings. The Hall–Kier alpha value is -2.69. The molecule has 0 aromatic heterocycles. The van der Waals surface area contributed by atoms with Gasteiger partial charge in [-0.1, -0.05) is 25.1 Å². The van der Waals surface area contributed by atoms with Crippen molar-refractivity contribution in [2.45, 2.75) is 39.3 Å². The number of amides is 1. The first kappa shape index (κ1) is 19.6. The van der Waals surface area contributed by atoms with Crippen LogP contribution >= 0.6 is 0 Å². The number of benzene rings is 2. The van der Waals surface area contributed by atoms with E-state index in [0.717, 1.165) is 22.8 Å². The van der Waals surface area contributed by atoms with Gasteiger partial charge in [0.25, 0.3) is 5.91 Å². The molecule has 1 N–H and O–H groups in total. The third-order valence-electron chi connectivity index (χ3n) is 3.97. The number of ether oxygens (including phenoxy) is 3. The van der Waals surface area contributed by atoms with Crippen molar-refractivity contribution >= 4 is 5.91 Å². The molecule has 0 unspecified atom stereocenters. The number of nitrogens with one attached hydrogen (secondary N) is 1. The first-order valence-corrected chi connectivity index (χ1v) is 8.83. The highest BCUT2D eigenvalue weighted by Gasteiger charge is 2.20. The van der Waals surface area contributed by atoms with Crippen molar-refractivity contribution in [1.82, 2.24) is 5.32 Å². The Labute approximate surface area is 155 Å². The minimum atomic E-state index is -0.528. The zero-order valence-corrected chi connectivity index (χ0v) is 15.8. The highest BCUT2D eigenvalue weighted by molar-refractivity contribution is 5.81. The van der Waals surface area contributed by atoms with Crippen LogP contribution in [0.1, 0.15) is 25.8 Å². The average molecular weight is 357 g/mol. The monoisotopic (exact) mass is 357 g/mol. The van der Waals surface area contributed by atoms with Crippen LogP contribution < -0.4 is 19.5 Å². The standard InChI is InChI=1S/C21H27NO4/c1-5-19(26-20-9-7-6-8-15(20)2)21(23)22-16(3)14-25-18-12-10-17(24-4)11-13-18/h6-13,16,19H,5,14H2,1-4H3,(H,22,23)/t16-,19-/m0/s1. The van der Waals surface area contributed by atoms with Gasteiger partial charge in [0.1, 0.15) is 23.9 Å². The van der Waals surface area contributed by atoms with E-state index >= 15 is 0 Å². The van der Waals surface area contributed by atoms with Gasteiger partial charge in [-0.3, -0.25) is 4.79 Å². The molecule has 2 aromatic rings. The number of carbonyl (C=O) groups excluding carboxylic acids is 1. The maximum atomic E-state index is 12.5. The Kier molecular flexibility index (Phi) is 7.33. The van der Waals surface area contributed by atoms with E-state index in [-0.39, 0.29) is 11.9 Å². The lowest BCUT2D eigenvalue weighted by Gasteiger charge is -2.21. The summed E-state index contributed by atoms with van der Waals surface area (Å²) < 4.78 is 16.7. The molecule has 0 bridgehead atoms. The minimum Gasteiger partial charge on any atom is -0.497 e. The van der Waals surface area contributed by atoms with E-state index in [1.165, 1.54) is 0 Å². The van der Waals surface area contributed by atoms with Gasteiger partial charge in [0.2, 0.25) is 0 Å². The average Bonchev–Trinajstić information content (AvgIpc) is 2.66. The van der Waals surface area contributed by atoms with Gasteiger partial charge in [0, 0.05) is 0 Å². The molecule has 5 heteroatoms. The molecule has 0 aliphatic heterocycles. The van der Waals surface area contributed by atoms with E-state index in [9.17, 15) is 4.79 Å². The lowest BCUT2D eigenvalue weighted by atomic mass is 10.2. The van der Waals surface area contributed by atoms with Crippen LogP contribution in [0, 0.1) is 6.92 Å². The number of rotatable bonds is 9. The number of hydrogen-bond acceptors (Lipinski definition) is 4. The van der Waals surface area contributed by atoms with Crippen molar-refractivity contribution in [2.75, 3.05) is 13.7 Å². The number of methoxy groups -OCH3 is 1. The molecule has 5 nitrogen and oxygen atoms in total. The smallest absolute Gasteiger partial charge is 0.261 e. The van der Waals surface area contributed by atoms with Crippen LogP contribution in [0.5, 0.6) is 17.2 Å². The number of hydrogen-bond donors (Lipinski definition) is 1. The van der Waals surface area contributed by atoms with Crippen LogP contribution in [0.4, 0.5) is 0 Å². The lowest BCUT2D eigenvalue weighted by Crippen LogP contribution is -2.44. The molecule has 2 rings (SSSR count). The largest absolute Gasteiger partial charge is 0.497 e. The molecule has 0 radical (unpaired) electrons. The SMILES string of the molecule is CC[C@H](Oc1ccccc1C)C(=O)N[C@@H](C)COc1ccc(OC)cc1. The van der Waals surface area contributed by atoms with Gasteiger partial charge >= 0.3 is 0 Å². The third kappa shape index (κ3) is 5.69. The van der Waals surface area contributed by atoms with Crippen LogP contribution in [-0.4, -0.2) is 31.8 Å². The second-order valence-corrected chi connectivity index (χ2v) is 6.18. The van der Waals surface area contributed by atoms with E-state index < -0.39 is 6.10 Å². The fourth-order valence-corrected chi connectivity index (χ4v) is 2.43. The van der Waals surface area contributed by atoms with Crippen molar-refractivity contribution in [3.05, 3.63) is 54.1 Å². The summed E-state index contributed by atoms with van der Waals surface area (Å²) >= 11 is 0. The van der Waals surface area contributed by atoms with Crippen LogP contribution in [0.25, 0.3) is 0 Å². The van der Waals surface area contributed by atoms with Gasteiger partial charge in [0.05, 0.1) is 13.2 Å². The van der Waals surface area contributed by atoms with Gasteiger partial charge in [-0.2, -0.15) is 0 Å². The number of para-hydroxylation sites is 1. The minimum absolute atomic E-state index is 0.137. The topological polar surface area (TPSA) is 56.8 Å². The first-order chi connectivity index (χ1) is 12.5. The quantitative estimate of drug-likeness (QED) is 0.743. The van der Waals surface area contributed by atoms with Crippen LogP contribution in [0.3, 0.4) is 0 Å². The Morgan fingerprint density at radius 3 is 2.35 bits per heavy atom. The predicted octanol–water partition coefficient (Wildman–Crippen LogP) is 3.74. The summed E-state index contributed by atoms with van der Waals surface area (Å²) in [7, 11) is 1.62. The Morgan fingerprint density at radius 2 is 1.73 bits per heavy atom. The van der Waals surface area contributed by atoms with Crippen LogP contribution in [0.15, 0.2) is 48.5 Å². The highest BCUT2D eigenvalue weighted by Crippen LogP contribution is 2.19. The summed E-state index contributed by atoms with van der Waals surface area (Å²) in [5.41, 5.74) is 1.01. The van der Waals surface area contributed by atoms with Crippen LogP contribution in [-0.2, 0) is 4.79 Å². The summed E-state index contributed by atoms with van der Waals surface area (Å²) in [5.74, 6) is 2.10. The van der Waals surface area contributed by atoms with Gasteiger partial charge in [0.15, 0.2) is 6.10 Å². The molecular weight excluding hydrogens is 330 g/mol. The second-order valence-electron chi connectivity index (χ2n) is 6.18. The van der Waals surface area contributed by atoms with Gasteiger partial charge in [-0.15, -0.1) is 0 Å². The van der Waals surface area contributed by atoms with E-state index in [1.54, 1.807) is 7.11 Å². The second kappa shape index (κ2) is 9.70. The van der Waals surface area contributed by atoms with Crippen molar-refractivity contribution in [3.63, 3.8) is 0 Å². The molecular formula is C21H27NO4. The molecule has 140 valence electrons. The van der Waals surface area contributed by atoms with Crippen LogP contribution in [0.2, 0.25) is 0 Å². The molecule has 26 heavy (non-hydrogen) atoms. The third-order valence-corrected chi connectivity index (χ3v) is 3.97. The maximum Gasteiger partial charge on any atom is 0.261 e. The molecule has 0 fully saturated rings. The van der Waals surface area contributed by atoms with E-state index in [4.69, 9.17) is 14.2 Å². The summed E-state index contributed by atoms with van der Waals surface area (Å²) in [6.07, 6.45) is 0.0613. The van der Waals surface area contributed by atoms with Crippen molar-refractivity contribution in [1.29, 1.82) is 0 Å². The summed E-state index contributed by atoms with van der Waals surface area (Å²) in [6, 6.07) is 14.9. The van der Waals surface area contributed by atoms with E-state index in [2.05, 4.69) is 5.32 Å². The zero-order valence-electron chi connectivity index (χ0n) is 15.8. The first-order valence-electron chi connectivity index (χ1n) is 8.83. The molecule has 0 saturated carbocycles. The molecule has 1 amide bonds. The molecule has 0 saturated heterocycles. The Balaban J connectivity index is 1.84. The Bertz CT molecular complexity index is 699. The molecule has 0 spiro atoms. The van der Waals surface area contributed by atoms with Crippen molar-refractivity contribution < 1.29 is 19.0 Å². The van der Waals surface area contributed by atoms with Gasteiger partial charge in [-0.25, -0.2) is 0 Å². The number of aryl methyl sites for hydroxylation is 1.